The molecule has 26 heteroatoms. The topological polar surface area (TPSA) is 380 Å². The van der Waals surface area contributed by atoms with Crippen LogP contribution in [0, 0.1) is 5.92 Å². The van der Waals surface area contributed by atoms with E-state index in [-0.39, 0.29) is 25.7 Å². The number of phosphoric ester groups is 1. The van der Waals surface area contributed by atoms with E-state index >= 15 is 0 Å². The number of aliphatic hydroxyl groups excluding tert-OH is 9. The second-order valence-corrected chi connectivity index (χ2v) is 35.2. The van der Waals surface area contributed by atoms with Crippen molar-refractivity contribution in [3.8, 4) is 0 Å². The highest BCUT2D eigenvalue weighted by Gasteiger charge is 2.60. The molecule has 0 aromatic carbocycles. The fourth-order valence-corrected chi connectivity index (χ4v) is 16.6. The lowest BCUT2D eigenvalue weighted by Gasteiger charge is -2.50. The zero-order valence-corrected chi connectivity index (χ0v) is 73.6. The van der Waals surface area contributed by atoms with Gasteiger partial charge in [0.2, 0.25) is 0 Å². The van der Waals surface area contributed by atoms with Gasteiger partial charge in [-0.15, -0.1) is 0 Å². The van der Waals surface area contributed by atoms with Crippen molar-refractivity contribution in [2.24, 2.45) is 5.92 Å². The van der Waals surface area contributed by atoms with Gasteiger partial charge < -0.3 is 88.7 Å². The van der Waals surface area contributed by atoms with Crippen LogP contribution in [0.1, 0.15) is 401 Å². The van der Waals surface area contributed by atoms with E-state index < -0.39 is 162 Å². The van der Waals surface area contributed by atoms with Gasteiger partial charge in [0.25, 0.3) is 0 Å². The highest BCUT2D eigenvalue weighted by atomic mass is 31.2. The number of hydrogen-bond donors (Lipinski definition) is 10. The van der Waals surface area contributed by atoms with Gasteiger partial charge in [-0.25, -0.2) is 4.57 Å². The molecule has 2 aliphatic heterocycles. The van der Waals surface area contributed by atoms with E-state index in [1.165, 1.54) is 180 Å². The van der Waals surface area contributed by atoms with Crippen molar-refractivity contribution < 1.29 is 122 Å². The van der Waals surface area contributed by atoms with E-state index in [0.717, 1.165) is 122 Å². The summed E-state index contributed by atoms with van der Waals surface area (Å²) >= 11 is 0. The van der Waals surface area contributed by atoms with E-state index in [4.69, 9.17) is 46.9 Å². The summed E-state index contributed by atoms with van der Waals surface area (Å²) in [4.78, 5) is 66.4. The van der Waals surface area contributed by atoms with Crippen molar-refractivity contribution in [3.63, 3.8) is 0 Å². The molecular weight excluding hydrogens is 1510 g/mol. The molecule has 0 aromatic heterocycles. The summed E-state index contributed by atoms with van der Waals surface area (Å²) in [5.41, 5.74) is 0. The molecule has 2 heterocycles. The molecule has 1 aliphatic carbocycles. The summed E-state index contributed by atoms with van der Waals surface area (Å²) in [5.74, 6) is -2.35. The lowest BCUT2D eigenvalue weighted by Crippen LogP contribution is -2.70. The zero-order chi connectivity index (χ0) is 84.8. The Kier molecular flexibility index (Phi) is 63.5. The molecule has 25 nitrogen and oxygen atoms in total. The number of phosphoric acid groups is 1. The van der Waals surface area contributed by atoms with E-state index in [1.54, 1.807) is 0 Å². The number of carbonyl (C=O) groups excluding carboxylic acids is 4. The van der Waals surface area contributed by atoms with Gasteiger partial charge in [-0.2, -0.15) is 0 Å². The van der Waals surface area contributed by atoms with Crippen LogP contribution in [0.25, 0.3) is 0 Å². The van der Waals surface area contributed by atoms with Crippen LogP contribution in [0.15, 0.2) is 12.2 Å². The molecule has 1 saturated carbocycles. The summed E-state index contributed by atoms with van der Waals surface area (Å²) in [6.07, 6.45) is 25.1. The predicted octanol–water partition coefficient (Wildman–Crippen LogP) is 17.0. The number of hydrogen-bond acceptors (Lipinski definition) is 24. The molecule has 3 aliphatic rings. The van der Waals surface area contributed by atoms with Crippen LogP contribution >= 0.6 is 7.82 Å². The highest BCUT2D eigenvalue weighted by Crippen LogP contribution is 2.49. The first-order valence-corrected chi connectivity index (χ1v) is 48.3. The van der Waals surface area contributed by atoms with Crippen LogP contribution in [-0.4, -0.2) is 205 Å². The van der Waals surface area contributed by atoms with Gasteiger partial charge in [-0.1, -0.05) is 336 Å². The molecule has 0 bridgehead atoms. The molecule has 2 saturated heterocycles. The maximum atomic E-state index is 14.9. The lowest BCUT2D eigenvalue weighted by atomic mass is 9.84. The van der Waals surface area contributed by atoms with Gasteiger partial charge in [0.05, 0.1) is 13.2 Å². The quantitative estimate of drug-likeness (QED) is 0.00889. The Morgan fingerprint density at radius 1 is 0.362 bits per heavy atom. The third-order valence-corrected chi connectivity index (χ3v) is 24.2. The smallest absolute Gasteiger partial charge is 0.463 e. The van der Waals surface area contributed by atoms with Gasteiger partial charge in [-0.05, 0) is 57.3 Å². The summed E-state index contributed by atoms with van der Waals surface area (Å²) < 4.78 is 73.4. The van der Waals surface area contributed by atoms with Crippen molar-refractivity contribution in [3.05, 3.63) is 12.2 Å². The van der Waals surface area contributed by atoms with Crippen LogP contribution in [0.2, 0.25) is 0 Å². The Labute approximate surface area is 699 Å². The number of aliphatic hydroxyl groups is 9. The number of allylic oxidation sites excluding steroid dienone is 2. The molecule has 0 aromatic rings. The Hall–Kier alpha value is -2.79. The molecule has 0 spiro atoms. The van der Waals surface area contributed by atoms with E-state index in [0.29, 0.717) is 44.4 Å². The van der Waals surface area contributed by atoms with Gasteiger partial charge in [0.1, 0.15) is 92.6 Å². The third kappa shape index (κ3) is 48.9. The fourth-order valence-electron chi connectivity index (χ4n) is 15.6. The monoisotopic (exact) mass is 1680 g/mol. The number of unbranched alkanes of at least 4 members (excludes halogenated alkanes) is 45. The van der Waals surface area contributed by atoms with Crippen molar-refractivity contribution in [1.82, 2.24) is 0 Å². The lowest BCUT2D eigenvalue weighted by molar-refractivity contribution is -0.360. The minimum absolute atomic E-state index is 0.0174. The van der Waals surface area contributed by atoms with Gasteiger partial charge in [0, 0.05) is 25.7 Å². The Morgan fingerprint density at radius 3 is 1.12 bits per heavy atom. The minimum Gasteiger partial charge on any atom is -0.463 e. The molecule has 3 fully saturated rings. The van der Waals surface area contributed by atoms with Crippen LogP contribution in [-0.2, 0) is 70.7 Å². The summed E-state index contributed by atoms with van der Waals surface area (Å²) in [6, 6.07) is 0. The normalized spacial score (nSPS) is 25.4. The Morgan fingerprint density at radius 2 is 0.698 bits per heavy atom. The molecule has 19 unspecified atom stereocenters. The SMILES string of the molecule is CCCCCCCC/C=C\CCCCCC(=O)OC(COC(=O)CCCCCCCCCCCCCCCCC)COP(=O)(O)OC1C(OC2OC(CO)C(O)C(O)C2O)C(O)C(O)C(OC(=O)CCCCCCCCC(C)CCCCCCCC)C1OC1OC(COC(=O)CCCCCCCCCCCCCCC)C(O)C(O)C1O. The zero-order valence-electron chi connectivity index (χ0n) is 72.7. The summed E-state index contributed by atoms with van der Waals surface area (Å²) in [6.45, 7) is 7.88. The third-order valence-electron chi connectivity index (χ3n) is 23.2. The van der Waals surface area contributed by atoms with Crippen molar-refractivity contribution in [2.75, 3.05) is 26.4 Å². The maximum absolute atomic E-state index is 14.9. The summed E-state index contributed by atoms with van der Waals surface area (Å²) in [5, 5.41) is 102. The molecular formula is C90H167O25P. The fraction of sp³-hybridized carbons (Fsp3) is 0.933. The predicted molar refractivity (Wildman–Crippen MR) is 449 cm³/mol. The van der Waals surface area contributed by atoms with E-state index in [1.807, 2.05) is 0 Å². The van der Waals surface area contributed by atoms with Gasteiger partial charge in [-0.3, -0.25) is 28.2 Å². The molecule has 0 amide bonds. The average molecular weight is 1680 g/mol. The second-order valence-electron chi connectivity index (χ2n) is 33.8. The van der Waals surface area contributed by atoms with Crippen LogP contribution in [0.4, 0.5) is 0 Å². The van der Waals surface area contributed by atoms with E-state index in [2.05, 4.69) is 46.8 Å². The summed E-state index contributed by atoms with van der Waals surface area (Å²) in [7, 11) is -5.81. The van der Waals surface area contributed by atoms with Crippen LogP contribution < -0.4 is 0 Å². The Bertz CT molecular complexity index is 2480. The number of rotatable bonds is 75. The number of esters is 4. The van der Waals surface area contributed by atoms with Gasteiger partial charge >= 0.3 is 31.7 Å². The standard InChI is InChI=1S/C90H167O25P/c1-6-10-14-18-22-25-28-31-32-35-37-39-42-49-55-61-73(92)106-66-70(109-75(94)63-57-51-44-41-38-34-30-27-24-20-16-12-8-3)67-108-116(104,105)115-88-86(113-89-83(102)79(98)77(96)71(65-91)110-89)82(101)81(100)85(112-76(95)64-58-52-46-45-48-54-60-69(5)59-53-47-21-17-13-9-4)87(88)114-90-84(103)80(99)78(97)72(111-90)68-107-74(93)62-56-50-43-40-36-33-29-26-23-19-15-11-7-2/h34,38,69-72,77-91,96-103H,6-33,35-37,39-68H2,1-5H3,(H,104,105)/b38-34-. The first kappa shape index (κ1) is 107. The molecule has 0 radical (unpaired) electrons. The molecule has 682 valence electrons. The molecule has 3 rings (SSSR count). The highest BCUT2D eigenvalue weighted by molar-refractivity contribution is 7.47. The van der Waals surface area contributed by atoms with Crippen LogP contribution in [0.3, 0.4) is 0 Å². The average Bonchev–Trinajstić information content (AvgIpc) is 0.754. The maximum Gasteiger partial charge on any atom is 0.472 e. The number of ether oxygens (including phenoxy) is 8. The van der Waals surface area contributed by atoms with Gasteiger partial charge in [0.15, 0.2) is 24.8 Å². The largest absolute Gasteiger partial charge is 0.472 e. The molecule has 10 N–H and O–H groups in total. The van der Waals surface area contributed by atoms with Crippen molar-refractivity contribution >= 4 is 31.7 Å². The molecule has 19 atom stereocenters. The first-order valence-electron chi connectivity index (χ1n) is 46.8. The van der Waals surface area contributed by atoms with Crippen molar-refractivity contribution in [1.29, 1.82) is 0 Å². The molecule has 116 heavy (non-hydrogen) atoms. The van der Waals surface area contributed by atoms with E-state index in [9.17, 15) is 74.6 Å². The Balaban J connectivity index is 1.93. The second kappa shape index (κ2) is 68.6. The first-order chi connectivity index (χ1) is 56.1. The minimum atomic E-state index is -5.81. The number of carbonyl (C=O) groups is 4. The van der Waals surface area contributed by atoms with Crippen LogP contribution in [0.5, 0.6) is 0 Å². The van der Waals surface area contributed by atoms with Crippen molar-refractivity contribution in [2.45, 2.75) is 505 Å².